The number of pyridine rings is 1. The van der Waals surface area contributed by atoms with Crippen molar-refractivity contribution in [2.24, 2.45) is 0 Å². The van der Waals surface area contributed by atoms with Crippen LogP contribution in [0.3, 0.4) is 0 Å². The molecule has 1 fully saturated rings. The molecule has 1 aliphatic rings. The third kappa shape index (κ3) is 6.32. The first-order chi connectivity index (χ1) is 13.6. The fraction of sp³-hybridized carbons (Fsp3) is 0.455. The molecular weight excluding hydrogens is 352 g/mol. The largest absolute Gasteiger partial charge is 0.494 e. The van der Waals surface area contributed by atoms with Crippen molar-refractivity contribution in [2.45, 2.75) is 25.4 Å². The van der Waals surface area contributed by atoms with Crippen molar-refractivity contribution in [3.63, 3.8) is 0 Å². The highest BCUT2D eigenvalue weighted by atomic mass is 16.5. The summed E-state index contributed by atoms with van der Waals surface area (Å²) in [5, 5.41) is 3.12. The Morgan fingerprint density at radius 3 is 2.68 bits per heavy atom. The molecule has 1 aliphatic heterocycles. The molecule has 0 radical (unpaired) electrons. The van der Waals surface area contributed by atoms with E-state index in [-0.39, 0.29) is 11.9 Å². The van der Waals surface area contributed by atoms with E-state index < -0.39 is 0 Å². The number of ether oxygens (including phenoxy) is 1. The van der Waals surface area contributed by atoms with Crippen molar-refractivity contribution >= 4 is 5.91 Å². The van der Waals surface area contributed by atoms with Gasteiger partial charge in [0, 0.05) is 50.2 Å². The van der Waals surface area contributed by atoms with Crippen LogP contribution < -0.4 is 10.1 Å². The normalized spacial score (nSPS) is 17.0. The summed E-state index contributed by atoms with van der Waals surface area (Å²) in [5.41, 5.74) is 1.93. The smallest absolute Gasteiger partial charge is 0.251 e. The van der Waals surface area contributed by atoms with Gasteiger partial charge in [-0.15, -0.1) is 0 Å². The molecule has 2 aromatic rings. The number of carbonyl (C=O) groups excluding carboxylic acids is 1. The first-order valence-electron chi connectivity index (χ1n) is 9.90. The minimum absolute atomic E-state index is 0.0231. The van der Waals surface area contributed by atoms with Gasteiger partial charge >= 0.3 is 0 Å². The van der Waals surface area contributed by atoms with Crippen LogP contribution in [0.2, 0.25) is 0 Å². The molecule has 1 atom stereocenters. The summed E-state index contributed by atoms with van der Waals surface area (Å²) in [6.07, 6.45) is 5.29. The number of aromatic nitrogens is 1. The quantitative estimate of drug-likeness (QED) is 0.675. The second kappa shape index (κ2) is 10.2. The van der Waals surface area contributed by atoms with E-state index in [1.165, 1.54) is 5.56 Å². The van der Waals surface area contributed by atoms with Crippen molar-refractivity contribution in [3.8, 4) is 5.75 Å². The third-order valence-electron chi connectivity index (χ3n) is 4.90. The van der Waals surface area contributed by atoms with E-state index in [2.05, 4.69) is 46.3 Å². The average Bonchev–Trinajstić information content (AvgIpc) is 3.14. The van der Waals surface area contributed by atoms with Gasteiger partial charge in [-0.25, -0.2) is 0 Å². The lowest BCUT2D eigenvalue weighted by atomic mass is 10.2. The molecule has 0 saturated carbocycles. The van der Waals surface area contributed by atoms with Gasteiger partial charge in [-0.05, 0) is 56.8 Å². The number of likely N-dealkylation sites (tertiary alicyclic amines) is 1. The number of hydrogen-bond acceptors (Lipinski definition) is 5. The number of nitrogens with zero attached hydrogens (tertiary/aromatic N) is 3. The van der Waals surface area contributed by atoms with Crippen LogP contribution >= 0.6 is 0 Å². The van der Waals surface area contributed by atoms with Gasteiger partial charge in [0.15, 0.2) is 0 Å². The summed E-state index contributed by atoms with van der Waals surface area (Å²) in [6.45, 7) is 4.53. The maximum absolute atomic E-state index is 12.3. The fourth-order valence-electron chi connectivity index (χ4n) is 3.39. The van der Waals surface area contributed by atoms with Crippen LogP contribution in [0.4, 0.5) is 0 Å². The van der Waals surface area contributed by atoms with Crippen LogP contribution in [0.1, 0.15) is 28.8 Å². The van der Waals surface area contributed by atoms with Crippen LogP contribution in [-0.2, 0) is 6.54 Å². The van der Waals surface area contributed by atoms with Crippen molar-refractivity contribution in [2.75, 3.05) is 40.3 Å². The van der Waals surface area contributed by atoms with Gasteiger partial charge in [0.1, 0.15) is 5.75 Å². The molecule has 0 spiro atoms. The molecule has 1 aromatic carbocycles. The molecule has 1 aromatic heterocycles. The van der Waals surface area contributed by atoms with E-state index in [1.54, 1.807) is 24.5 Å². The molecule has 3 rings (SSSR count). The van der Waals surface area contributed by atoms with E-state index in [9.17, 15) is 4.79 Å². The van der Waals surface area contributed by atoms with E-state index in [0.29, 0.717) is 5.56 Å². The van der Waals surface area contributed by atoms with E-state index in [1.807, 2.05) is 12.1 Å². The Labute approximate surface area is 167 Å². The number of amides is 1. The molecule has 150 valence electrons. The molecular formula is C22H30N4O2. The lowest BCUT2D eigenvalue weighted by Crippen LogP contribution is -2.36. The van der Waals surface area contributed by atoms with Crippen molar-refractivity contribution in [3.05, 3.63) is 59.9 Å². The molecule has 6 nitrogen and oxygen atoms in total. The molecule has 0 unspecified atom stereocenters. The number of carbonyl (C=O) groups is 1. The second-order valence-corrected chi connectivity index (χ2v) is 7.58. The second-order valence-electron chi connectivity index (χ2n) is 7.58. The minimum atomic E-state index is -0.0231. The number of rotatable bonds is 9. The Morgan fingerprint density at radius 1 is 1.21 bits per heavy atom. The van der Waals surface area contributed by atoms with Gasteiger partial charge in [0.2, 0.25) is 0 Å². The van der Waals surface area contributed by atoms with Crippen LogP contribution in [0.25, 0.3) is 0 Å². The van der Waals surface area contributed by atoms with Gasteiger partial charge in [-0.3, -0.25) is 14.7 Å². The molecule has 2 heterocycles. The van der Waals surface area contributed by atoms with Gasteiger partial charge in [-0.1, -0.05) is 12.1 Å². The van der Waals surface area contributed by atoms with E-state index >= 15 is 0 Å². The molecule has 0 aliphatic carbocycles. The van der Waals surface area contributed by atoms with Crippen LogP contribution in [0.5, 0.6) is 5.75 Å². The average molecular weight is 383 g/mol. The predicted octanol–water partition coefficient (Wildman–Crippen LogP) is 2.42. The molecule has 28 heavy (non-hydrogen) atoms. The van der Waals surface area contributed by atoms with Crippen molar-refractivity contribution in [1.29, 1.82) is 0 Å². The van der Waals surface area contributed by atoms with E-state index in [4.69, 9.17) is 4.74 Å². The lowest BCUT2D eigenvalue weighted by molar-refractivity contribution is 0.0937. The van der Waals surface area contributed by atoms with Gasteiger partial charge in [-0.2, -0.15) is 0 Å². The zero-order valence-corrected chi connectivity index (χ0v) is 16.8. The van der Waals surface area contributed by atoms with Gasteiger partial charge < -0.3 is 15.0 Å². The lowest BCUT2D eigenvalue weighted by Gasteiger charge is -2.17. The summed E-state index contributed by atoms with van der Waals surface area (Å²) in [7, 11) is 4.14. The highest BCUT2D eigenvalue weighted by Gasteiger charge is 2.24. The maximum atomic E-state index is 12.3. The Balaban J connectivity index is 1.40. The maximum Gasteiger partial charge on any atom is 0.251 e. The summed E-state index contributed by atoms with van der Waals surface area (Å²) in [6, 6.07) is 12.0. The SMILES string of the molecule is CN(C)CCCOc1ccc(CN2CC[C@H](NC(=O)c3ccncc3)C2)cc1. The minimum Gasteiger partial charge on any atom is -0.494 e. The first kappa shape index (κ1) is 20.3. The summed E-state index contributed by atoms with van der Waals surface area (Å²) in [5.74, 6) is 0.899. The number of hydrogen-bond donors (Lipinski definition) is 1. The van der Waals surface area contributed by atoms with Crippen molar-refractivity contribution in [1.82, 2.24) is 20.1 Å². The van der Waals surface area contributed by atoms with Crippen LogP contribution in [0, 0.1) is 0 Å². The first-order valence-corrected chi connectivity index (χ1v) is 9.90. The highest BCUT2D eigenvalue weighted by molar-refractivity contribution is 5.94. The molecule has 6 heteroatoms. The highest BCUT2D eigenvalue weighted by Crippen LogP contribution is 2.17. The Kier molecular flexibility index (Phi) is 7.39. The molecule has 0 bridgehead atoms. The zero-order valence-electron chi connectivity index (χ0n) is 16.8. The van der Waals surface area contributed by atoms with Crippen LogP contribution in [0.15, 0.2) is 48.8 Å². The van der Waals surface area contributed by atoms with E-state index in [0.717, 1.165) is 51.4 Å². The monoisotopic (exact) mass is 382 g/mol. The summed E-state index contributed by atoms with van der Waals surface area (Å²) >= 11 is 0. The van der Waals surface area contributed by atoms with Crippen molar-refractivity contribution < 1.29 is 9.53 Å². The number of nitrogens with one attached hydrogen (secondary N) is 1. The fourth-order valence-corrected chi connectivity index (χ4v) is 3.39. The predicted molar refractivity (Wildman–Crippen MR) is 110 cm³/mol. The number of benzene rings is 1. The van der Waals surface area contributed by atoms with Gasteiger partial charge in [0.25, 0.3) is 5.91 Å². The van der Waals surface area contributed by atoms with Gasteiger partial charge in [0.05, 0.1) is 6.61 Å². The zero-order chi connectivity index (χ0) is 19.8. The molecule has 1 amide bonds. The molecule has 1 N–H and O–H groups in total. The topological polar surface area (TPSA) is 57.7 Å². The Bertz CT molecular complexity index is 734. The van der Waals surface area contributed by atoms with Crippen LogP contribution in [-0.4, -0.2) is 67.1 Å². The Morgan fingerprint density at radius 2 is 1.96 bits per heavy atom. The molecule has 1 saturated heterocycles. The third-order valence-corrected chi connectivity index (χ3v) is 4.90. The summed E-state index contributed by atoms with van der Waals surface area (Å²) < 4.78 is 5.79. The Hall–Kier alpha value is -2.44. The summed E-state index contributed by atoms with van der Waals surface area (Å²) in [4.78, 5) is 20.8. The standard InChI is InChI=1S/C22H30N4O2/c1-25(2)13-3-15-28-21-6-4-18(5-7-21)16-26-14-10-20(17-26)24-22(27)19-8-11-23-12-9-19/h4-9,11-12,20H,3,10,13-17H2,1-2H3,(H,24,27)/t20-/m0/s1.